The number of amides is 1. The van der Waals surface area contributed by atoms with Crippen LogP contribution in [-0.2, 0) is 14.4 Å². The number of aliphatic hydroxyl groups is 1. The third kappa shape index (κ3) is 3.82. The first-order valence-electron chi connectivity index (χ1n) is 8.74. The minimum atomic E-state index is -1.24. The number of Topliss-reactive ketones (excluding diaryl/α,β-unsaturated/α-hetero) is 1. The normalized spacial score (nSPS) is 18.1. The summed E-state index contributed by atoms with van der Waals surface area (Å²) >= 11 is 0. The van der Waals surface area contributed by atoms with Crippen molar-refractivity contribution in [3.63, 3.8) is 0 Å². The molecule has 0 radical (unpaired) electrons. The molecule has 29 heavy (non-hydrogen) atoms. The van der Waals surface area contributed by atoms with E-state index in [1.54, 1.807) is 12.1 Å². The molecule has 1 fully saturated rings. The van der Waals surface area contributed by atoms with Crippen LogP contribution in [0.2, 0.25) is 0 Å². The SMILES string of the molecule is COc1ccc(C(O)=C2C(=O)C(=O)N(CCC(=O)O)[C@@H]2c2ccccc2F)cc1. The third-order valence-electron chi connectivity index (χ3n) is 4.67. The average molecular weight is 399 g/mol. The van der Waals surface area contributed by atoms with Crippen molar-refractivity contribution in [1.82, 2.24) is 4.90 Å². The molecule has 150 valence electrons. The predicted octanol–water partition coefficient (Wildman–Crippen LogP) is 2.73. The molecule has 2 N–H and O–H groups in total. The minimum Gasteiger partial charge on any atom is -0.507 e. The summed E-state index contributed by atoms with van der Waals surface area (Å²) in [5.74, 6) is -3.80. The number of aliphatic carboxylic acids is 1. The molecule has 1 heterocycles. The van der Waals surface area contributed by atoms with Crippen LogP contribution < -0.4 is 4.74 Å². The summed E-state index contributed by atoms with van der Waals surface area (Å²) < 4.78 is 19.6. The molecular weight excluding hydrogens is 381 g/mol. The molecule has 3 rings (SSSR count). The number of carboxylic acids is 1. The lowest BCUT2D eigenvalue weighted by molar-refractivity contribution is -0.142. The number of rotatable bonds is 6. The number of hydrogen-bond acceptors (Lipinski definition) is 5. The first-order chi connectivity index (χ1) is 13.8. The smallest absolute Gasteiger partial charge is 0.305 e. The fraction of sp³-hybridized carbons (Fsp3) is 0.190. The topological polar surface area (TPSA) is 104 Å². The maximum Gasteiger partial charge on any atom is 0.305 e. The van der Waals surface area contributed by atoms with Crippen LogP contribution >= 0.6 is 0 Å². The van der Waals surface area contributed by atoms with Gasteiger partial charge < -0.3 is 19.8 Å². The molecule has 1 atom stereocenters. The van der Waals surface area contributed by atoms with Crippen molar-refractivity contribution in [2.75, 3.05) is 13.7 Å². The summed E-state index contributed by atoms with van der Waals surface area (Å²) in [5, 5.41) is 19.8. The number of hydrogen-bond donors (Lipinski definition) is 2. The second kappa shape index (κ2) is 8.14. The molecule has 8 heteroatoms. The Balaban J connectivity index is 2.16. The fourth-order valence-electron chi connectivity index (χ4n) is 3.25. The Hall–Kier alpha value is -3.68. The van der Waals surface area contributed by atoms with Crippen LogP contribution in [0.15, 0.2) is 54.1 Å². The van der Waals surface area contributed by atoms with Crippen LogP contribution in [0.4, 0.5) is 4.39 Å². The van der Waals surface area contributed by atoms with E-state index >= 15 is 0 Å². The van der Waals surface area contributed by atoms with Crippen LogP contribution in [0.25, 0.3) is 5.76 Å². The molecule has 7 nitrogen and oxygen atoms in total. The van der Waals surface area contributed by atoms with Gasteiger partial charge in [0.15, 0.2) is 0 Å². The van der Waals surface area contributed by atoms with Crippen molar-refractivity contribution >= 4 is 23.4 Å². The molecule has 1 aliphatic heterocycles. The van der Waals surface area contributed by atoms with Gasteiger partial charge in [-0.05, 0) is 30.3 Å². The summed E-state index contributed by atoms with van der Waals surface area (Å²) in [6, 6.07) is 10.4. The molecule has 1 saturated heterocycles. The van der Waals surface area contributed by atoms with Gasteiger partial charge in [-0.3, -0.25) is 14.4 Å². The molecule has 1 amide bonds. The summed E-state index contributed by atoms with van der Waals surface area (Å²) in [6.45, 7) is -0.307. The molecule has 0 spiro atoms. The highest BCUT2D eigenvalue weighted by Gasteiger charge is 2.46. The number of ether oxygens (including phenoxy) is 1. The van der Waals surface area contributed by atoms with E-state index in [1.165, 1.54) is 43.5 Å². The summed E-state index contributed by atoms with van der Waals surface area (Å²) in [7, 11) is 1.47. The van der Waals surface area contributed by atoms with E-state index in [-0.39, 0.29) is 23.2 Å². The number of carbonyl (C=O) groups excluding carboxylic acids is 2. The first-order valence-corrected chi connectivity index (χ1v) is 8.74. The van der Waals surface area contributed by atoms with E-state index < -0.39 is 41.7 Å². The summed E-state index contributed by atoms with van der Waals surface area (Å²) in [5.41, 5.74) is -0.0637. The van der Waals surface area contributed by atoms with E-state index in [2.05, 4.69) is 0 Å². The van der Waals surface area contributed by atoms with Crippen molar-refractivity contribution in [3.05, 3.63) is 71.0 Å². The fourth-order valence-corrected chi connectivity index (χ4v) is 3.25. The number of carbonyl (C=O) groups is 3. The van der Waals surface area contributed by atoms with E-state index in [9.17, 15) is 23.9 Å². The van der Waals surface area contributed by atoms with Crippen LogP contribution in [0, 0.1) is 5.82 Å². The van der Waals surface area contributed by atoms with Crippen LogP contribution in [-0.4, -0.2) is 46.4 Å². The Bertz CT molecular complexity index is 998. The van der Waals surface area contributed by atoms with E-state index in [1.807, 2.05) is 0 Å². The lowest BCUT2D eigenvalue weighted by Gasteiger charge is -2.25. The zero-order chi connectivity index (χ0) is 21.1. The first kappa shape index (κ1) is 20.1. The molecule has 0 unspecified atom stereocenters. The number of benzene rings is 2. The maximum absolute atomic E-state index is 14.5. The standard InChI is InChI=1S/C21H18FNO6/c1-29-13-8-6-12(7-9-13)19(26)17-18(14-4-2-3-5-15(14)22)23(11-10-16(24)25)21(28)20(17)27/h2-9,18,26H,10-11H2,1H3,(H,24,25)/t18-/m1/s1. The van der Waals surface area contributed by atoms with Gasteiger partial charge in [-0.25, -0.2) is 4.39 Å². The molecular formula is C21H18FNO6. The van der Waals surface area contributed by atoms with Crippen molar-refractivity contribution in [1.29, 1.82) is 0 Å². The highest BCUT2D eigenvalue weighted by molar-refractivity contribution is 6.46. The predicted molar refractivity (Wildman–Crippen MR) is 101 cm³/mol. The Morgan fingerprint density at radius 2 is 1.76 bits per heavy atom. The number of ketones is 1. The molecule has 0 aromatic heterocycles. The zero-order valence-corrected chi connectivity index (χ0v) is 15.5. The number of likely N-dealkylation sites (tertiary alicyclic amines) is 1. The summed E-state index contributed by atoms with van der Waals surface area (Å²) in [6.07, 6.45) is -0.430. The molecule has 2 aromatic rings. The average Bonchev–Trinajstić information content (AvgIpc) is 2.96. The lowest BCUT2D eigenvalue weighted by Crippen LogP contribution is -2.32. The van der Waals surface area contributed by atoms with Gasteiger partial charge in [-0.1, -0.05) is 18.2 Å². The Morgan fingerprint density at radius 1 is 1.10 bits per heavy atom. The lowest BCUT2D eigenvalue weighted by atomic mass is 9.95. The van der Waals surface area contributed by atoms with Gasteiger partial charge in [0.25, 0.3) is 11.7 Å². The second-order valence-electron chi connectivity index (χ2n) is 6.39. The Kier molecular flexibility index (Phi) is 5.63. The number of halogens is 1. The van der Waals surface area contributed by atoms with Crippen LogP contribution in [0.5, 0.6) is 5.75 Å². The molecule has 0 saturated carbocycles. The van der Waals surface area contributed by atoms with Crippen molar-refractivity contribution in [3.8, 4) is 5.75 Å². The number of methoxy groups -OCH3 is 1. The molecule has 0 aliphatic carbocycles. The Morgan fingerprint density at radius 3 is 2.34 bits per heavy atom. The van der Waals surface area contributed by atoms with Crippen molar-refractivity contribution < 1.29 is 33.7 Å². The van der Waals surface area contributed by atoms with Gasteiger partial charge in [0.1, 0.15) is 17.3 Å². The van der Waals surface area contributed by atoms with Crippen molar-refractivity contribution in [2.45, 2.75) is 12.5 Å². The van der Waals surface area contributed by atoms with Gasteiger partial charge in [-0.2, -0.15) is 0 Å². The number of aliphatic hydroxyl groups excluding tert-OH is 1. The van der Waals surface area contributed by atoms with Crippen LogP contribution in [0.1, 0.15) is 23.6 Å². The highest BCUT2D eigenvalue weighted by Crippen LogP contribution is 2.40. The van der Waals surface area contributed by atoms with Gasteiger partial charge in [-0.15, -0.1) is 0 Å². The molecule has 1 aliphatic rings. The van der Waals surface area contributed by atoms with Gasteiger partial charge in [0.05, 0.1) is 25.1 Å². The zero-order valence-electron chi connectivity index (χ0n) is 15.5. The van der Waals surface area contributed by atoms with Crippen molar-refractivity contribution in [2.24, 2.45) is 0 Å². The summed E-state index contributed by atoms with van der Waals surface area (Å²) in [4.78, 5) is 37.2. The third-order valence-corrected chi connectivity index (χ3v) is 4.67. The molecule has 2 aromatic carbocycles. The van der Waals surface area contributed by atoms with Gasteiger partial charge in [0, 0.05) is 17.7 Å². The van der Waals surface area contributed by atoms with E-state index in [0.29, 0.717) is 5.75 Å². The highest BCUT2D eigenvalue weighted by atomic mass is 19.1. The second-order valence-corrected chi connectivity index (χ2v) is 6.39. The molecule has 0 bridgehead atoms. The monoisotopic (exact) mass is 399 g/mol. The van der Waals surface area contributed by atoms with E-state index in [4.69, 9.17) is 9.84 Å². The van der Waals surface area contributed by atoms with Gasteiger partial charge >= 0.3 is 5.97 Å². The van der Waals surface area contributed by atoms with Crippen LogP contribution in [0.3, 0.4) is 0 Å². The van der Waals surface area contributed by atoms with E-state index in [0.717, 1.165) is 4.90 Å². The Labute approximate surface area is 165 Å². The minimum absolute atomic E-state index is 0.00727. The largest absolute Gasteiger partial charge is 0.507 e. The number of nitrogens with zero attached hydrogens (tertiary/aromatic N) is 1. The maximum atomic E-state index is 14.5. The number of carboxylic acid groups (broad SMARTS) is 1. The van der Waals surface area contributed by atoms with Gasteiger partial charge in [0.2, 0.25) is 0 Å². The quantitative estimate of drug-likeness (QED) is 0.440.